The lowest BCUT2D eigenvalue weighted by Crippen LogP contribution is -2.32. The fraction of sp³-hybridized carbons (Fsp3) is 0.324. The fourth-order valence-corrected chi connectivity index (χ4v) is 6.96. The van der Waals surface area contributed by atoms with E-state index in [2.05, 4.69) is 88.3 Å². The van der Waals surface area contributed by atoms with Gasteiger partial charge in [-0.3, -0.25) is 9.30 Å². The van der Waals surface area contributed by atoms with Crippen LogP contribution in [0.15, 0.2) is 89.4 Å². The Kier molecular flexibility index (Phi) is 8.08. The molecule has 4 heterocycles. The second kappa shape index (κ2) is 12.0. The predicted octanol–water partition coefficient (Wildman–Crippen LogP) is 8.26. The number of piperidine rings is 1. The first-order valence-electron chi connectivity index (χ1n) is 14.4. The van der Waals surface area contributed by atoms with E-state index in [-0.39, 0.29) is 5.82 Å². The van der Waals surface area contributed by atoms with Gasteiger partial charge < -0.3 is 4.90 Å². The van der Waals surface area contributed by atoms with Crippen LogP contribution in [0.2, 0.25) is 0 Å². The number of aromatic nitrogens is 2. The summed E-state index contributed by atoms with van der Waals surface area (Å²) in [6.07, 6.45) is 9.78. The molecule has 40 heavy (non-hydrogen) atoms. The molecule has 6 heteroatoms. The Bertz CT molecular complexity index is 1520. The Morgan fingerprint density at radius 3 is 2.52 bits per heavy atom. The third-order valence-electron chi connectivity index (χ3n) is 8.25. The number of benzene rings is 2. The van der Waals surface area contributed by atoms with E-state index < -0.39 is 0 Å². The topological polar surface area (TPSA) is 23.8 Å². The van der Waals surface area contributed by atoms with Crippen molar-refractivity contribution in [1.82, 2.24) is 14.3 Å². The van der Waals surface area contributed by atoms with Crippen LogP contribution in [-0.2, 0) is 13.0 Å². The van der Waals surface area contributed by atoms with Gasteiger partial charge in [-0.1, -0.05) is 73.3 Å². The number of rotatable bonds is 7. The Balaban J connectivity index is 1.21. The minimum absolute atomic E-state index is 0.194. The molecule has 0 amide bonds. The smallest absolute Gasteiger partial charge is 0.141 e. The molecule has 4 aromatic rings. The van der Waals surface area contributed by atoms with E-state index in [1.807, 2.05) is 12.1 Å². The first-order valence-corrected chi connectivity index (χ1v) is 15.3. The number of fused-ring (bicyclic) bond motifs is 1. The zero-order valence-electron chi connectivity index (χ0n) is 23.4. The standard InChI is InChI=1S/C34H37FN4S/c1-3-31-34(37(2)33-11-7-10-29(24-40-33)26-12-15-30(35)16-13-26)39-23-28(14-17-32(39)36-31)27-18-20-38(21-19-27)22-25-8-5-4-6-9-25/h4-6,8-9,11-17,23-24,27H,3,7,10,18-22H2,1-2H3. The maximum absolute atomic E-state index is 13.5. The first kappa shape index (κ1) is 26.9. The van der Waals surface area contributed by atoms with E-state index in [0.717, 1.165) is 61.6 Å². The van der Waals surface area contributed by atoms with Gasteiger partial charge in [0.2, 0.25) is 0 Å². The van der Waals surface area contributed by atoms with Gasteiger partial charge in [0, 0.05) is 19.8 Å². The van der Waals surface area contributed by atoms with Gasteiger partial charge in [-0.25, -0.2) is 9.37 Å². The molecule has 0 aliphatic carbocycles. The molecule has 0 unspecified atom stereocenters. The van der Waals surface area contributed by atoms with Gasteiger partial charge in [-0.15, -0.1) is 0 Å². The largest absolute Gasteiger partial charge is 0.324 e. The Hall–Kier alpha value is -3.35. The van der Waals surface area contributed by atoms with Crippen molar-refractivity contribution in [2.24, 2.45) is 0 Å². The van der Waals surface area contributed by atoms with Crippen LogP contribution < -0.4 is 4.90 Å². The Morgan fingerprint density at radius 1 is 1.00 bits per heavy atom. The molecule has 0 bridgehead atoms. The van der Waals surface area contributed by atoms with Crippen molar-refractivity contribution in [2.45, 2.75) is 51.5 Å². The van der Waals surface area contributed by atoms with Gasteiger partial charge in [0.05, 0.1) is 10.7 Å². The van der Waals surface area contributed by atoms with E-state index in [1.54, 1.807) is 23.9 Å². The highest BCUT2D eigenvalue weighted by Gasteiger charge is 2.24. The maximum Gasteiger partial charge on any atom is 0.141 e. The summed E-state index contributed by atoms with van der Waals surface area (Å²) >= 11 is 1.74. The van der Waals surface area contributed by atoms with Crippen LogP contribution in [0.1, 0.15) is 60.9 Å². The average molecular weight is 553 g/mol. The van der Waals surface area contributed by atoms with E-state index in [4.69, 9.17) is 4.98 Å². The molecule has 0 radical (unpaired) electrons. The third-order valence-corrected chi connectivity index (χ3v) is 9.33. The van der Waals surface area contributed by atoms with Crippen molar-refractivity contribution in [3.8, 4) is 0 Å². The first-order chi connectivity index (χ1) is 19.6. The molecule has 0 spiro atoms. The lowest BCUT2D eigenvalue weighted by atomic mass is 9.90. The van der Waals surface area contributed by atoms with Gasteiger partial charge in [0.25, 0.3) is 0 Å². The van der Waals surface area contributed by atoms with Crippen molar-refractivity contribution in [1.29, 1.82) is 0 Å². The maximum atomic E-state index is 13.5. The molecule has 0 atom stereocenters. The number of anilines is 1. The summed E-state index contributed by atoms with van der Waals surface area (Å²) in [6.45, 7) is 5.47. The molecule has 2 aromatic heterocycles. The van der Waals surface area contributed by atoms with Gasteiger partial charge in [-0.05, 0) is 97.0 Å². The highest BCUT2D eigenvalue weighted by Crippen LogP contribution is 2.37. The summed E-state index contributed by atoms with van der Waals surface area (Å²) in [6, 6.07) is 22.1. The van der Waals surface area contributed by atoms with Crippen LogP contribution in [-0.4, -0.2) is 34.4 Å². The number of thioether (sulfide) groups is 1. The quantitative estimate of drug-likeness (QED) is 0.230. The highest BCUT2D eigenvalue weighted by molar-refractivity contribution is 8.06. The number of allylic oxidation sites excluding steroid dienone is 2. The number of likely N-dealkylation sites (tertiary alicyclic amines) is 1. The number of hydrogen-bond donors (Lipinski definition) is 0. The van der Waals surface area contributed by atoms with Crippen LogP contribution >= 0.6 is 11.8 Å². The summed E-state index contributed by atoms with van der Waals surface area (Å²) < 4.78 is 15.8. The summed E-state index contributed by atoms with van der Waals surface area (Å²) in [5.74, 6) is 1.52. The van der Waals surface area contributed by atoms with Crippen molar-refractivity contribution in [3.63, 3.8) is 0 Å². The molecule has 6 rings (SSSR count). The van der Waals surface area contributed by atoms with Crippen LogP contribution in [0.5, 0.6) is 0 Å². The van der Waals surface area contributed by atoms with Crippen molar-refractivity contribution in [3.05, 3.63) is 118 Å². The summed E-state index contributed by atoms with van der Waals surface area (Å²) in [4.78, 5) is 9.90. The van der Waals surface area contributed by atoms with Crippen LogP contribution in [0.3, 0.4) is 0 Å². The van der Waals surface area contributed by atoms with Gasteiger partial charge >= 0.3 is 0 Å². The molecule has 4 nitrogen and oxygen atoms in total. The van der Waals surface area contributed by atoms with Crippen molar-refractivity contribution < 1.29 is 4.39 Å². The molecular formula is C34H37FN4S. The monoisotopic (exact) mass is 552 g/mol. The Morgan fingerprint density at radius 2 is 1.77 bits per heavy atom. The normalized spacial score (nSPS) is 17.0. The molecule has 0 saturated carbocycles. The summed E-state index contributed by atoms with van der Waals surface area (Å²) in [5.41, 5.74) is 7.26. The predicted molar refractivity (Wildman–Crippen MR) is 166 cm³/mol. The second-order valence-corrected chi connectivity index (χ2v) is 11.8. The molecule has 2 aliphatic rings. The molecule has 1 fully saturated rings. The number of hydrogen-bond acceptors (Lipinski definition) is 4. The number of nitrogens with zero attached hydrogens (tertiary/aromatic N) is 4. The molecule has 206 valence electrons. The number of aryl methyl sites for hydroxylation is 1. The Labute approximate surface area is 241 Å². The number of imidazole rings is 1. The minimum Gasteiger partial charge on any atom is -0.324 e. The van der Waals surface area contributed by atoms with E-state index >= 15 is 0 Å². The summed E-state index contributed by atoms with van der Waals surface area (Å²) in [5, 5.41) is 3.43. The number of pyridine rings is 1. The van der Waals surface area contributed by atoms with Crippen LogP contribution in [0.25, 0.3) is 11.2 Å². The van der Waals surface area contributed by atoms with Crippen LogP contribution in [0.4, 0.5) is 10.2 Å². The average Bonchev–Trinajstić information content (AvgIpc) is 3.18. The van der Waals surface area contributed by atoms with E-state index in [9.17, 15) is 4.39 Å². The molecular weight excluding hydrogens is 515 g/mol. The SMILES string of the molecule is CCc1nc2ccc(C3CCN(Cc4ccccc4)CC3)cn2c1N(C)C1=CCCC(c2ccc(F)cc2)=CS1. The minimum atomic E-state index is -0.194. The van der Waals surface area contributed by atoms with Crippen molar-refractivity contribution >= 4 is 28.8 Å². The third kappa shape index (κ3) is 5.74. The molecule has 2 aliphatic heterocycles. The molecule has 0 N–H and O–H groups in total. The lowest BCUT2D eigenvalue weighted by molar-refractivity contribution is 0.204. The van der Waals surface area contributed by atoms with Crippen molar-refractivity contribution in [2.75, 3.05) is 25.0 Å². The van der Waals surface area contributed by atoms with Crippen LogP contribution in [0, 0.1) is 5.82 Å². The summed E-state index contributed by atoms with van der Waals surface area (Å²) in [7, 11) is 2.16. The van der Waals surface area contributed by atoms with E-state index in [1.165, 1.54) is 34.6 Å². The number of halogens is 1. The second-order valence-electron chi connectivity index (χ2n) is 10.9. The zero-order valence-corrected chi connectivity index (χ0v) is 24.2. The lowest BCUT2D eigenvalue weighted by Gasteiger charge is -2.32. The van der Waals surface area contributed by atoms with Gasteiger partial charge in [-0.2, -0.15) is 0 Å². The molecule has 2 aromatic carbocycles. The van der Waals surface area contributed by atoms with E-state index in [0.29, 0.717) is 5.92 Å². The van der Waals surface area contributed by atoms with Gasteiger partial charge in [0.1, 0.15) is 17.3 Å². The highest BCUT2D eigenvalue weighted by atomic mass is 32.2. The molecule has 1 saturated heterocycles. The van der Waals surface area contributed by atoms with Gasteiger partial charge in [0.15, 0.2) is 0 Å². The zero-order chi connectivity index (χ0) is 27.5. The fourth-order valence-electron chi connectivity index (χ4n) is 5.98.